The Hall–Kier alpha value is -2.73. The summed E-state index contributed by atoms with van der Waals surface area (Å²) in [4.78, 5) is 14.4. The molecule has 2 N–H and O–H groups in total. The molecule has 2 fully saturated rings. The van der Waals surface area contributed by atoms with Gasteiger partial charge in [-0.25, -0.2) is 4.79 Å². The molecule has 2 aromatic rings. The minimum atomic E-state index is -0.235. The zero-order chi connectivity index (χ0) is 19.3. The average Bonchev–Trinajstić information content (AvgIpc) is 2.69. The lowest BCUT2D eigenvalue weighted by atomic mass is 9.96. The molecule has 1 aliphatic carbocycles. The number of morpholine rings is 1. The highest BCUT2D eigenvalue weighted by Crippen LogP contribution is 2.28. The molecule has 1 aliphatic heterocycles. The van der Waals surface area contributed by atoms with Gasteiger partial charge in [0.15, 0.2) is 0 Å². The van der Waals surface area contributed by atoms with Gasteiger partial charge < -0.3 is 24.8 Å². The molecule has 28 heavy (non-hydrogen) atoms. The van der Waals surface area contributed by atoms with Gasteiger partial charge in [0, 0.05) is 18.7 Å². The van der Waals surface area contributed by atoms with Crippen LogP contribution in [0.1, 0.15) is 36.5 Å². The molecule has 2 aromatic carbocycles. The summed E-state index contributed by atoms with van der Waals surface area (Å²) in [6, 6.07) is 14.7. The number of rotatable bonds is 5. The Morgan fingerprint density at radius 3 is 2.86 bits per heavy atom. The second-order valence-electron chi connectivity index (χ2n) is 7.34. The quantitative estimate of drug-likeness (QED) is 0.829. The number of benzene rings is 2. The summed E-state index contributed by atoms with van der Waals surface area (Å²) in [5.41, 5.74) is 1.86. The number of hydrogen-bond acceptors (Lipinski definition) is 4. The van der Waals surface area contributed by atoms with Gasteiger partial charge in [-0.1, -0.05) is 30.3 Å². The third-order valence-corrected chi connectivity index (χ3v) is 5.34. The lowest BCUT2D eigenvalue weighted by Gasteiger charge is -2.33. The fraction of sp³-hybridized carbons (Fsp3) is 0.409. The minimum Gasteiger partial charge on any atom is -0.508 e. The Morgan fingerprint density at radius 1 is 1.21 bits per heavy atom. The van der Waals surface area contributed by atoms with Gasteiger partial charge >= 0.3 is 6.03 Å². The van der Waals surface area contributed by atoms with E-state index in [1.165, 1.54) is 6.42 Å². The van der Waals surface area contributed by atoms with Crippen molar-refractivity contribution in [3.63, 3.8) is 0 Å². The van der Waals surface area contributed by atoms with Crippen molar-refractivity contribution >= 4 is 6.03 Å². The standard InChI is InChI=1S/C22H26N2O4/c25-18-7-3-6-16(13-18)21-15-24(11-12-27-21)22(26)23-14-17-5-1-2-10-20(17)28-19-8-4-9-19/h1-3,5-7,10,13,19,21,25H,4,8-9,11-12,14-15H2,(H,23,26). The van der Waals surface area contributed by atoms with Crippen molar-refractivity contribution in [2.75, 3.05) is 19.7 Å². The number of nitrogens with one attached hydrogen (secondary N) is 1. The number of para-hydroxylation sites is 1. The van der Waals surface area contributed by atoms with Crippen LogP contribution in [0.15, 0.2) is 48.5 Å². The normalized spacial score (nSPS) is 19.7. The van der Waals surface area contributed by atoms with Crippen LogP contribution in [0.3, 0.4) is 0 Å². The van der Waals surface area contributed by atoms with Crippen molar-refractivity contribution in [2.24, 2.45) is 0 Å². The number of phenolic OH excluding ortho intramolecular Hbond substituents is 1. The largest absolute Gasteiger partial charge is 0.508 e. The predicted molar refractivity (Wildman–Crippen MR) is 105 cm³/mol. The smallest absolute Gasteiger partial charge is 0.317 e. The molecule has 1 atom stereocenters. The highest BCUT2D eigenvalue weighted by atomic mass is 16.5. The summed E-state index contributed by atoms with van der Waals surface area (Å²) in [7, 11) is 0. The van der Waals surface area contributed by atoms with Crippen LogP contribution in [0.5, 0.6) is 11.5 Å². The maximum Gasteiger partial charge on any atom is 0.317 e. The molecular formula is C22H26N2O4. The summed E-state index contributed by atoms with van der Waals surface area (Å²) in [6.07, 6.45) is 3.50. The van der Waals surface area contributed by atoms with Crippen molar-refractivity contribution < 1.29 is 19.4 Å². The van der Waals surface area contributed by atoms with Gasteiger partial charge in [0.25, 0.3) is 0 Å². The fourth-order valence-corrected chi connectivity index (χ4v) is 3.48. The van der Waals surface area contributed by atoms with Gasteiger partial charge in [0.2, 0.25) is 0 Å². The Kier molecular flexibility index (Phi) is 5.67. The molecule has 0 radical (unpaired) electrons. The molecule has 148 valence electrons. The lowest BCUT2D eigenvalue weighted by Crippen LogP contribution is -2.47. The monoisotopic (exact) mass is 382 g/mol. The van der Waals surface area contributed by atoms with Crippen LogP contribution >= 0.6 is 0 Å². The molecule has 1 heterocycles. The lowest BCUT2D eigenvalue weighted by molar-refractivity contribution is -0.0155. The Bertz CT molecular complexity index is 822. The van der Waals surface area contributed by atoms with E-state index in [1.807, 2.05) is 30.3 Å². The van der Waals surface area contributed by atoms with E-state index in [-0.39, 0.29) is 17.9 Å². The van der Waals surface area contributed by atoms with Gasteiger partial charge in [-0.15, -0.1) is 0 Å². The second-order valence-corrected chi connectivity index (χ2v) is 7.34. The molecule has 0 spiro atoms. The topological polar surface area (TPSA) is 71.0 Å². The Balaban J connectivity index is 1.35. The predicted octanol–water partition coefficient (Wildman–Crippen LogP) is 3.61. The van der Waals surface area contributed by atoms with Gasteiger partial charge in [-0.2, -0.15) is 0 Å². The van der Waals surface area contributed by atoms with Crippen LogP contribution in [0.25, 0.3) is 0 Å². The van der Waals surface area contributed by atoms with Crippen LogP contribution in [0, 0.1) is 0 Å². The number of ether oxygens (including phenoxy) is 2. The van der Waals surface area contributed by atoms with Crippen molar-refractivity contribution in [3.8, 4) is 11.5 Å². The van der Waals surface area contributed by atoms with Crippen molar-refractivity contribution in [3.05, 3.63) is 59.7 Å². The third-order valence-electron chi connectivity index (χ3n) is 5.34. The summed E-state index contributed by atoms with van der Waals surface area (Å²) in [5.74, 6) is 1.05. The van der Waals surface area contributed by atoms with E-state index >= 15 is 0 Å². The van der Waals surface area contributed by atoms with E-state index in [1.54, 1.807) is 23.1 Å². The van der Waals surface area contributed by atoms with Crippen molar-refractivity contribution in [1.82, 2.24) is 10.2 Å². The number of carbonyl (C=O) groups excluding carboxylic acids is 1. The van der Waals surface area contributed by atoms with E-state index in [0.717, 1.165) is 29.7 Å². The number of amides is 2. The molecule has 4 rings (SSSR count). The number of carbonyl (C=O) groups is 1. The molecule has 0 bridgehead atoms. The van der Waals surface area contributed by atoms with Crippen LogP contribution < -0.4 is 10.1 Å². The summed E-state index contributed by atoms with van der Waals surface area (Å²) in [5, 5.41) is 12.7. The first-order chi connectivity index (χ1) is 13.7. The van der Waals surface area contributed by atoms with Gasteiger partial charge in [0.1, 0.15) is 17.6 Å². The zero-order valence-corrected chi connectivity index (χ0v) is 15.8. The fourth-order valence-electron chi connectivity index (χ4n) is 3.48. The third kappa shape index (κ3) is 4.39. The van der Waals surface area contributed by atoms with Gasteiger partial charge in [-0.3, -0.25) is 0 Å². The Labute approximate surface area is 165 Å². The van der Waals surface area contributed by atoms with E-state index < -0.39 is 0 Å². The number of hydrogen-bond donors (Lipinski definition) is 2. The van der Waals surface area contributed by atoms with E-state index in [2.05, 4.69) is 5.32 Å². The highest BCUT2D eigenvalue weighted by molar-refractivity contribution is 5.74. The first-order valence-electron chi connectivity index (χ1n) is 9.87. The molecule has 6 nitrogen and oxygen atoms in total. The molecule has 1 saturated carbocycles. The van der Waals surface area contributed by atoms with E-state index in [9.17, 15) is 9.90 Å². The number of aromatic hydroxyl groups is 1. The van der Waals surface area contributed by atoms with E-state index in [4.69, 9.17) is 9.47 Å². The molecular weight excluding hydrogens is 356 g/mol. The van der Waals surface area contributed by atoms with Crippen LogP contribution in [-0.2, 0) is 11.3 Å². The number of nitrogens with zero attached hydrogens (tertiary/aromatic N) is 1. The summed E-state index contributed by atoms with van der Waals surface area (Å²) >= 11 is 0. The van der Waals surface area contributed by atoms with Gasteiger partial charge in [0.05, 0.1) is 19.3 Å². The van der Waals surface area contributed by atoms with Crippen molar-refractivity contribution in [1.29, 1.82) is 0 Å². The first-order valence-corrected chi connectivity index (χ1v) is 9.87. The number of urea groups is 1. The van der Waals surface area contributed by atoms with Crippen LogP contribution in [0.2, 0.25) is 0 Å². The van der Waals surface area contributed by atoms with E-state index in [0.29, 0.717) is 32.3 Å². The van der Waals surface area contributed by atoms with Crippen LogP contribution in [-0.4, -0.2) is 41.8 Å². The molecule has 1 saturated heterocycles. The number of phenols is 1. The molecule has 1 unspecified atom stereocenters. The van der Waals surface area contributed by atoms with Crippen molar-refractivity contribution in [2.45, 2.75) is 38.0 Å². The average molecular weight is 382 g/mol. The Morgan fingerprint density at radius 2 is 2.07 bits per heavy atom. The molecule has 6 heteroatoms. The SMILES string of the molecule is O=C(NCc1ccccc1OC1CCC1)N1CCOC(c2cccc(O)c2)C1. The maximum absolute atomic E-state index is 12.7. The highest BCUT2D eigenvalue weighted by Gasteiger charge is 2.26. The van der Waals surface area contributed by atoms with Gasteiger partial charge in [-0.05, 0) is 43.0 Å². The summed E-state index contributed by atoms with van der Waals surface area (Å²) in [6.45, 7) is 1.89. The zero-order valence-electron chi connectivity index (χ0n) is 15.8. The second kappa shape index (κ2) is 8.52. The molecule has 2 amide bonds. The summed E-state index contributed by atoms with van der Waals surface area (Å²) < 4.78 is 11.8. The minimum absolute atomic E-state index is 0.119. The van der Waals surface area contributed by atoms with Crippen LogP contribution in [0.4, 0.5) is 4.79 Å². The first kappa shape index (κ1) is 18.6. The maximum atomic E-state index is 12.7. The molecule has 0 aromatic heterocycles. The molecule has 2 aliphatic rings.